The summed E-state index contributed by atoms with van der Waals surface area (Å²) in [4.78, 5) is 32.2. The number of hydrogen-bond donors (Lipinski definition) is 1. The zero-order chi connectivity index (χ0) is 20.9. The van der Waals surface area contributed by atoms with Crippen molar-refractivity contribution in [2.45, 2.75) is 31.2 Å². The highest BCUT2D eigenvalue weighted by Crippen LogP contribution is 2.29. The van der Waals surface area contributed by atoms with Gasteiger partial charge in [0.05, 0.1) is 12.2 Å². The smallest absolute Gasteiger partial charge is 0.287 e. The molecule has 0 bridgehead atoms. The van der Waals surface area contributed by atoms with Gasteiger partial charge in [0.2, 0.25) is 5.91 Å². The van der Waals surface area contributed by atoms with Crippen LogP contribution in [0.5, 0.6) is 0 Å². The first kappa shape index (κ1) is 20.5. The van der Waals surface area contributed by atoms with Crippen molar-refractivity contribution in [1.82, 2.24) is 15.2 Å². The zero-order valence-corrected chi connectivity index (χ0v) is 17.7. The lowest BCUT2D eigenvalue weighted by atomic mass is 9.97. The number of furan rings is 1. The van der Waals surface area contributed by atoms with Crippen LogP contribution in [-0.4, -0.2) is 52.8 Å². The maximum Gasteiger partial charge on any atom is 0.287 e. The number of piperidine rings is 1. The van der Waals surface area contributed by atoms with Crippen LogP contribution in [0.25, 0.3) is 11.1 Å². The van der Waals surface area contributed by atoms with Gasteiger partial charge in [0, 0.05) is 13.1 Å². The molecule has 0 spiro atoms. The van der Waals surface area contributed by atoms with Crippen molar-refractivity contribution in [1.29, 1.82) is 0 Å². The molecule has 3 heterocycles. The minimum atomic E-state index is -0.586. The third-order valence-corrected chi connectivity index (χ3v) is 6.00. The zero-order valence-electron chi connectivity index (χ0n) is 16.9. The SMILES string of the molecule is CSCC[C@@H](NC(=O)c1ccco1)C(=O)N1CCC[C@H](c2nc3ccccc3o2)C1. The Labute approximate surface area is 179 Å². The summed E-state index contributed by atoms with van der Waals surface area (Å²) >= 11 is 1.65. The van der Waals surface area contributed by atoms with E-state index >= 15 is 0 Å². The largest absolute Gasteiger partial charge is 0.459 e. The van der Waals surface area contributed by atoms with Crippen molar-refractivity contribution >= 4 is 34.7 Å². The van der Waals surface area contributed by atoms with Crippen LogP contribution in [0, 0.1) is 0 Å². The molecule has 0 aliphatic carbocycles. The van der Waals surface area contributed by atoms with Crippen molar-refractivity contribution in [3.63, 3.8) is 0 Å². The molecule has 1 fully saturated rings. The van der Waals surface area contributed by atoms with Crippen molar-refractivity contribution in [2.24, 2.45) is 0 Å². The Kier molecular flexibility index (Phi) is 6.42. The Morgan fingerprint density at radius 1 is 1.30 bits per heavy atom. The number of aromatic nitrogens is 1. The second kappa shape index (κ2) is 9.38. The average Bonchev–Trinajstić information content (AvgIpc) is 3.46. The summed E-state index contributed by atoms with van der Waals surface area (Å²) in [5.41, 5.74) is 1.60. The summed E-state index contributed by atoms with van der Waals surface area (Å²) in [7, 11) is 0. The van der Waals surface area contributed by atoms with Gasteiger partial charge in [-0.05, 0) is 55.5 Å². The Hall–Kier alpha value is -2.74. The molecule has 4 rings (SSSR count). The first-order valence-electron chi connectivity index (χ1n) is 10.1. The molecule has 2 amide bonds. The number of nitrogens with one attached hydrogen (secondary N) is 1. The second-order valence-corrected chi connectivity index (χ2v) is 8.41. The second-order valence-electron chi connectivity index (χ2n) is 7.43. The molecule has 1 aliphatic heterocycles. The first-order chi connectivity index (χ1) is 14.7. The van der Waals surface area contributed by atoms with E-state index in [0.29, 0.717) is 25.4 Å². The molecule has 1 aromatic carbocycles. The van der Waals surface area contributed by atoms with Crippen molar-refractivity contribution in [2.75, 3.05) is 25.1 Å². The van der Waals surface area contributed by atoms with Crippen LogP contribution in [0.2, 0.25) is 0 Å². The Balaban J connectivity index is 1.46. The van der Waals surface area contributed by atoms with Crippen LogP contribution in [-0.2, 0) is 4.79 Å². The van der Waals surface area contributed by atoms with Gasteiger partial charge in [-0.15, -0.1) is 0 Å². The third kappa shape index (κ3) is 4.53. The molecule has 2 atom stereocenters. The number of likely N-dealkylation sites (tertiary alicyclic amines) is 1. The molecule has 8 heteroatoms. The van der Waals surface area contributed by atoms with Crippen LogP contribution in [0.15, 0.2) is 51.5 Å². The predicted octanol–water partition coefficient (Wildman–Crippen LogP) is 3.68. The van der Waals surface area contributed by atoms with E-state index < -0.39 is 6.04 Å². The van der Waals surface area contributed by atoms with E-state index in [4.69, 9.17) is 8.83 Å². The molecule has 1 N–H and O–H groups in total. The van der Waals surface area contributed by atoms with Gasteiger partial charge in [-0.25, -0.2) is 4.98 Å². The van der Waals surface area contributed by atoms with E-state index in [1.54, 1.807) is 23.9 Å². The summed E-state index contributed by atoms with van der Waals surface area (Å²) in [5, 5.41) is 2.85. The van der Waals surface area contributed by atoms with Crippen LogP contribution < -0.4 is 5.32 Å². The molecule has 2 aromatic heterocycles. The molecule has 30 heavy (non-hydrogen) atoms. The average molecular weight is 428 g/mol. The van der Waals surface area contributed by atoms with Crippen LogP contribution in [0.4, 0.5) is 0 Å². The van der Waals surface area contributed by atoms with Gasteiger partial charge in [-0.3, -0.25) is 9.59 Å². The highest BCUT2D eigenvalue weighted by atomic mass is 32.2. The molecule has 1 aliphatic rings. The summed E-state index contributed by atoms with van der Waals surface area (Å²) in [6, 6.07) is 10.3. The summed E-state index contributed by atoms with van der Waals surface area (Å²) in [6.07, 6.45) is 5.79. The lowest BCUT2D eigenvalue weighted by Gasteiger charge is -2.34. The Bertz CT molecular complexity index is 968. The molecule has 0 radical (unpaired) electrons. The van der Waals surface area contributed by atoms with Crippen LogP contribution in [0.1, 0.15) is 41.6 Å². The lowest BCUT2D eigenvalue weighted by molar-refractivity contribution is -0.134. The number of fused-ring (bicyclic) bond motifs is 1. The van der Waals surface area contributed by atoms with Gasteiger partial charge in [0.1, 0.15) is 11.6 Å². The van der Waals surface area contributed by atoms with Crippen molar-refractivity contribution < 1.29 is 18.4 Å². The quantitative estimate of drug-likeness (QED) is 0.619. The molecule has 0 saturated carbocycles. The van der Waals surface area contributed by atoms with E-state index in [2.05, 4.69) is 10.3 Å². The van der Waals surface area contributed by atoms with E-state index in [1.807, 2.05) is 35.4 Å². The summed E-state index contributed by atoms with van der Waals surface area (Å²) < 4.78 is 11.1. The van der Waals surface area contributed by atoms with Gasteiger partial charge in [0.25, 0.3) is 5.91 Å². The topological polar surface area (TPSA) is 88.6 Å². The number of amides is 2. The predicted molar refractivity (Wildman–Crippen MR) is 116 cm³/mol. The molecule has 1 saturated heterocycles. The summed E-state index contributed by atoms with van der Waals surface area (Å²) in [6.45, 7) is 1.21. The molecule has 0 unspecified atom stereocenters. The number of carbonyl (C=O) groups is 2. The Morgan fingerprint density at radius 3 is 2.93 bits per heavy atom. The number of nitrogens with zero attached hydrogens (tertiary/aromatic N) is 2. The fourth-order valence-electron chi connectivity index (χ4n) is 3.79. The standard InChI is InChI=1S/C22H25N3O4S/c1-30-13-10-17(23-20(26)19-9-5-12-28-19)22(27)25-11-4-6-15(14-25)21-24-16-7-2-3-8-18(16)29-21/h2-3,5,7-9,12,15,17H,4,6,10-11,13-14H2,1H3,(H,23,26)/t15-,17+/m0/s1. The fraction of sp³-hybridized carbons (Fsp3) is 0.409. The lowest BCUT2D eigenvalue weighted by Crippen LogP contribution is -2.51. The van der Waals surface area contributed by atoms with Gasteiger partial charge in [-0.1, -0.05) is 12.1 Å². The molecule has 3 aromatic rings. The number of para-hydroxylation sites is 2. The van der Waals surface area contributed by atoms with Gasteiger partial charge >= 0.3 is 0 Å². The maximum atomic E-state index is 13.3. The molecular formula is C22H25N3O4S. The fourth-order valence-corrected chi connectivity index (χ4v) is 4.27. The number of hydrogen-bond acceptors (Lipinski definition) is 6. The third-order valence-electron chi connectivity index (χ3n) is 5.35. The van der Waals surface area contributed by atoms with Crippen molar-refractivity contribution in [3.05, 3.63) is 54.3 Å². The van der Waals surface area contributed by atoms with E-state index in [1.165, 1.54) is 6.26 Å². The first-order valence-corrected chi connectivity index (χ1v) is 11.5. The van der Waals surface area contributed by atoms with Gasteiger partial charge in [-0.2, -0.15) is 11.8 Å². The van der Waals surface area contributed by atoms with Gasteiger partial charge in [0.15, 0.2) is 17.2 Å². The Morgan fingerprint density at radius 2 is 2.17 bits per heavy atom. The number of oxazole rings is 1. The number of carbonyl (C=O) groups excluding carboxylic acids is 2. The molecule has 158 valence electrons. The number of thioether (sulfide) groups is 1. The van der Waals surface area contributed by atoms with Crippen LogP contribution >= 0.6 is 11.8 Å². The van der Waals surface area contributed by atoms with E-state index in [9.17, 15) is 9.59 Å². The molecular weight excluding hydrogens is 402 g/mol. The highest BCUT2D eigenvalue weighted by Gasteiger charge is 2.32. The monoisotopic (exact) mass is 427 g/mol. The highest BCUT2D eigenvalue weighted by molar-refractivity contribution is 7.98. The number of benzene rings is 1. The van der Waals surface area contributed by atoms with Crippen LogP contribution in [0.3, 0.4) is 0 Å². The number of rotatable bonds is 7. The summed E-state index contributed by atoms with van der Waals surface area (Å²) in [5.74, 6) is 1.28. The van der Waals surface area contributed by atoms with E-state index in [-0.39, 0.29) is 23.5 Å². The normalized spacial score (nSPS) is 17.8. The van der Waals surface area contributed by atoms with E-state index in [0.717, 1.165) is 29.7 Å². The minimum Gasteiger partial charge on any atom is -0.459 e. The van der Waals surface area contributed by atoms with Gasteiger partial charge < -0.3 is 19.1 Å². The maximum absolute atomic E-state index is 13.3. The molecule has 7 nitrogen and oxygen atoms in total. The minimum absolute atomic E-state index is 0.0528. The van der Waals surface area contributed by atoms with Crippen molar-refractivity contribution in [3.8, 4) is 0 Å².